The van der Waals surface area contributed by atoms with Gasteiger partial charge in [-0.1, -0.05) is 0 Å². The monoisotopic (exact) mass is 400 g/mol. The quantitative estimate of drug-likeness (QED) is 0.841. The number of hydrogen-bond acceptors (Lipinski definition) is 3. The van der Waals surface area contributed by atoms with Crippen molar-refractivity contribution in [3.63, 3.8) is 0 Å². The molecule has 1 saturated heterocycles. The zero-order valence-electron chi connectivity index (χ0n) is 16.0. The Labute approximate surface area is 167 Å². The fourth-order valence-corrected chi connectivity index (χ4v) is 4.36. The SMILES string of the molecule is CC(=O)N1CCC(C2CN(c3ccc(F)cc3)c3cc(F)ccc3N2C(N)=O)C1. The van der Waals surface area contributed by atoms with Crippen LogP contribution in [0.15, 0.2) is 42.5 Å². The molecule has 2 aromatic rings. The Balaban J connectivity index is 1.78. The molecule has 1 fully saturated rings. The molecule has 0 bridgehead atoms. The summed E-state index contributed by atoms with van der Waals surface area (Å²) in [4.78, 5) is 29.3. The number of fused-ring (bicyclic) bond motifs is 1. The molecule has 2 atom stereocenters. The first-order valence-corrected chi connectivity index (χ1v) is 9.52. The normalized spacial score (nSPS) is 21.3. The molecule has 6 nitrogen and oxygen atoms in total. The summed E-state index contributed by atoms with van der Waals surface area (Å²) in [5, 5.41) is 0. The summed E-state index contributed by atoms with van der Waals surface area (Å²) in [6.07, 6.45) is 0.738. The first kappa shape index (κ1) is 19.2. The first-order chi connectivity index (χ1) is 13.8. The number of anilines is 3. The molecule has 0 aromatic heterocycles. The highest BCUT2D eigenvalue weighted by Gasteiger charge is 2.41. The van der Waals surface area contributed by atoms with Crippen LogP contribution >= 0.6 is 0 Å². The number of primary amides is 1. The van der Waals surface area contributed by atoms with Crippen LogP contribution in [0.25, 0.3) is 0 Å². The van der Waals surface area contributed by atoms with Gasteiger partial charge >= 0.3 is 6.03 Å². The van der Waals surface area contributed by atoms with E-state index >= 15 is 0 Å². The summed E-state index contributed by atoms with van der Waals surface area (Å²) in [5.41, 5.74) is 7.40. The van der Waals surface area contributed by atoms with E-state index in [4.69, 9.17) is 5.73 Å². The largest absolute Gasteiger partial charge is 0.351 e. The van der Waals surface area contributed by atoms with Gasteiger partial charge in [-0.2, -0.15) is 0 Å². The van der Waals surface area contributed by atoms with E-state index in [1.165, 1.54) is 42.2 Å². The Morgan fingerprint density at radius 1 is 1.00 bits per heavy atom. The van der Waals surface area contributed by atoms with Crippen LogP contribution in [-0.4, -0.2) is 42.5 Å². The van der Waals surface area contributed by atoms with E-state index in [9.17, 15) is 18.4 Å². The van der Waals surface area contributed by atoms with E-state index in [0.29, 0.717) is 36.7 Å². The molecule has 0 aliphatic carbocycles. The molecule has 3 amide bonds. The molecule has 0 spiro atoms. The maximum absolute atomic E-state index is 14.0. The molecule has 2 heterocycles. The van der Waals surface area contributed by atoms with Crippen LogP contribution in [0.4, 0.5) is 30.6 Å². The van der Waals surface area contributed by atoms with Crippen LogP contribution in [0.5, 0.6) is 0 Å². The van der Waals surface area contributed by atoms with E-state index in [2.05, 4.69) is 0 Å². The summed E-state index contributed by atoms with van der Waals surface area (Å²) >= 11 is 0. The number of amides is 3. The molecule has 2 unspecified atom stereocenters. The number of hydrogen-bond donors (Lipinski definition) is 1. The van der Waals surface area contributed by atoms with Crippen molar-refractivity contribution < 1.29 is 18.4 Å². The zero-order chi connectivity index (χ0) is 20.7. The number of likely N-dealkylation sites (tertiary alicyclic amines) is 1. The smallest absolute Gasteiger partial charge is 0.319 e. The van der Waals surface area contributed by atoms with Crippen LogP contribution in [0, 0.1) is 17.6 Å². The summed E-state index contributed by atoms with van der Waals surface area (Å²) in [5.74, 6) is -0.796. The van der Waals surface area contributed by atoms with E-state index in [1.54, 1.807) is 17.0 Å². The zero-order valence-corrected chi connectivity index (χ0v) is 16.0. The molecule has 29 heavy (non-hydrogen) atoms. The lowest BCUT2D eigenvalue weighted by atomic mass is 9.93. The van der Waals surface area contributed by atoms with Gasteiger partial charge in [0.15, 0.2) is 0 Å². The van der Waals surface area contributed by atoms with Gasteiger partial charge in [-0.3, -0.25) is 9.69 Å². The Kier molecular flexibility index (Phi) is 4.86. The van der Waals surface area contributed by atoms with Crippen LogP contribution in [0.1, 0.15) is 13.3 Å². The Morgan fingerprint density at radius 3 is 2.31 bits per heavy atom. The van der Waals surface area contributed by atoms with Crippen molar-refractivity contribution in [3.8, 4) is 0 Å². The second-order valence-electron chi connectivity index (χ2n) is 7.51. The molecule has 2 aliphatic rings. The van der Waals surface area contributed by atoms with Crippen LogP contribution < -0.4 is 15.5 Å². The fourth-order valence-electron chi connectivity index (χ4n) is 4.36. The standard InChI is InChI=1S/C21H22F2N4O2/c1-13(28)25-9-8-14(11-25)20-12-26(17-5-2-15(22)3-6-17)19-10-16(23)4-7-18(19)27(20)21(24)29/h2-7,10,14,20H,8-9,11-12H2,1H3,(H2,24,29). The Morgan fingerprint density at radius 2 is 1.69 bits per heavy atom. The van der Waals surface area contributed by atoms with Crippen LogP contribution in [0.2, 0.25) is 0 Å². The molecule has 4 rings (SSSR count). The van der Waals surface area contributed by atoms with E-state index < -0.39 is 11.8 Å². The van der Waals surface area contributed by atoms with Crippen molar-refractivity contribution in [2.75, 3.05) is 29.4 Å². The summed E-state index contributed by atoms with van der Waals surface area (Å²) < 4.78 is 27.5. The number of halogens is 2. The van der Waals surface area contributed by atoms with Gasteiger partial charge in [0.05, 0.1) is 17.4 Å². The summed E-state index contributed by atoms with van der Waals surface area (Å²) in [6.45, 7) is 3.03. The minimum atomic E-state index is -0.622. The molecule has 152 valence electrons. The number of nitrogens with two attached hydrogens (primary N) is 1. The van der Waals surface area contributed by atoms with Gasteiger partial charge in [-0.05, 0) is 48.9 Å². The van der Waals surface area contributed by atoms with Crippen LogP contribution in [-0.2, 0) is 4.79 Å². The van der Waals surface area contributed by atoms with Gasteiger partial charge in [-0.15, -0.1) is 0 Å². The number of rotatable bonds is 2. The van der Waals surface area contributed by atoms with Crippen molar-refractivity contribution in [1.82, 2.24) is 4.90 Å². The highest BCUT2D eigenvalue weighted by Crippen LogP contribution is 2.42. The summed E-state index contributed by atoms with van der Waals surface area (Å²) in [6, 6.07) is 9.18. The lowest BCUT2D eigenvalue weighted by Gasteiger charge is -2.45. The average molecular weight is 400 g/mol. The second-order valence-corrected chi connectivity index (χ2v) is 7.51. The minimum Gasteiger partial charge on any atom is -0.351 e. The second kappa shape index (κ2) is 7.35. The van der Waals surface area contributed by atoms with Gasteiger partial charge in [0, 0.05) is 38.2 Å². The van der Waals surface area contributed by atoms with Crippen molar-refractivity contribution in [2.45, 2.75) is 19.4 Å². The van der Waals surface area contributed by atoms with E-state index in [0.717, 1.165) is 6.42 Å². The average Bonchev–Trinajstić information content (AvgIpc) is 3.17. The lowest BCUT2D eigenvalue weighted by molar-refractivity contribution is -0.127. The van der Waals surface area contributed by atoms with E-state index in [-0.39, 0.29) is 23.7 Å². The van der Waals surface area contributed by atoms with Gasteiger partial charge in [-0.25, -0.2) is 13.6 Å². The predicted octanol–water partition coefficient (Wildman–Crippen LogP) is 3.24. The van der Waals surface area contributed by atoms with E-state index in [1.807, 2.05) is 4.90 Å². The highest BCUT2D eigenvalue weighted by molar-refractivity contribution is 5.98. The molecule has 2 aliphatic heterocycles. The number of benzene rings is 2. The number of nitrogens with zero attached hydrogens (tertiary/aromatic N) is 3. The summed E-state index contributed by atoms with van der Waals surface area (Å²) in [7, 11) is 0. The topological polar surface area (TPSA) is 69.9 Å². The maximum Gasteiger partial charge on any atom is 0.319 e. The molecule has 2 aromatic carbocycles. The van der Waals surface area contributed by atoms with Crippen molar-refractivity contribution >= 4 is 29.0 Å². The number of carbonyl (C=O) groups excluding carboxylic acids is 2. The minimum absolute atomic E-state index is 0.00760. The lowest BCUT2D eigenvalue weighted by Crippen LogP contribution is -2.56. The third kappa shape index (κ3) is 3.50. The first-order valence-electron chi connectivity index (χ1n) is 9.52. The highest BCUT2D eigenvalue weighted by atomic mass is 19.1. The molecule has 0 radical (unpaired) electrons. The number of urea groups is 1. The van der Waals surface area contributed by atoms with Crippen molar-refractivity contribution in [3.05, 3.63) is 54.1 Å². The predicted molar refractivity (Wildman–Crippen MR) is 106 cm³/mol. The molecular formula is C21H22F2N4O2. The third-order valence-corrected chi connectivity index (χ3v) is 5.78. The van der Waals surface area contributed by atoms with Crippen molar-refractivity contribution in [2.24, 2.45) is 11.7 Å². The molecule has 0 saturated carbocycles. The fraction of sp³-hybridized carbons (Fsp3) is 0.333. The number of carbonyl (C=O) groups is 2. The van der Waals surface area contributed by atoms with Crippen LogP contribution in [0.3, 0.4) is 0 Å². The Hall–Kier alpha value is -3.16. The maximum atomic E-state index is 14.0. The third-order valence-electron chi connectivity index (χ3n) is 5.78. The van der Waals surface area contributed by atoms with Crippen molar-refractivity contribution in [1.29, 1.82) is 0 Å². The van der Waals surface area contributed by atoms with Gasteiger partial charge in [0.2, 0.25) is 5.91 Å². The Bertz CT molecular complexity index is 950. The van der Waals surface area contributed by atoms with Gasteiger partial charge in [0.1, 0.15) is 11.6 Å². The van der Waals surface area contributed by atoms with Gasteiger partial charge in [0.25, 0.3) is 0 Å². The van der Waals surface area contributed by atoms with Gasteiger partial charge < -0.3 is 15.5 Å². The molecule has 2 N–H and O–H groups in total. The molecular weight excluding hydrogens is 378 g/mol. The molecule has 8 heteroatoms.